The molecule has 2 aliphatic rings. The highest BCUT2D eigenvalue weighted by Gasteiger charge is 2.47. The van der Waals surface area contributed by atoms with Crippen molar-refractivity contribution in [1.29, 1.82) is 0 Å². The molecule has 0 aromatic rings. The lowest BCUT2D eigenvalue weighted by molar-refractivity contribution is -0.332. The summed E-state index contributed by atoms with van der Waals surface area (Å²) in [5.74, 6) is -0.961. The Hall–Kier alpha value is -2.28. The molecule has 0 amide bonds. The van der Waals surface area contributed by atoms with Crippen LogP contribution in [0.1, 0.15) is 213 Å². The topological polar surface area (TPSA) is 231 Å². The van der Waals surface area contributed by atoms with Crippen molar-refractivity contribution in [3.05, 3.63) is 36.5 Å². The molecule has 7 N–H and O–H groups in total. The number of aliphatic hydroxyl groups is 7. The zero-order chi connectivity index (χ0) is 51.7. The molecule has 4 unspecified atom stereocenters. The van der Waals surface area contributed by atoms with Gasteiger partial charge in [-0.15, -0.1) is 0 Å². The number of allylic oxidation sites excluding steroid dienone is 6. The van der Waals surface area contributed by atoms with Gasteiger partial charge in [0, 0.05) is 12.8 Å². The minimum Gasteiger partial charge on any atom is -0.462 e. The SMILES string of the molecule is CCCCC/C=C/C/C=C/C/C=C/CCCCC(=O)OC[C@H](CO[C@H]1O[C@@H](CO[C@H]2O[C@@H](CO)[C@@H](O)C(O)C2O)[C@@H](O)C(O)C1O)OC(=O)CCCCCCCCCCCCCCCCCCCCCC. The summed E-state index contributed by atoms with van der Waals surface area (Å²) < 4.78 is 33.6. The number of rotatable bonds is 44. The molecule has 11 atom stereocenters. The molecular weight excluding hydrogens is 913 g/mol. The summed E-state index contributed by atoms with van der Waals surface area (Å²) in [4.78, 5) is 25.8. The lowest BCUT2D eigenvalue weighted by Gasteiger charge is -2.42. The van der Waals surface area contributed by atoms with Crippen LogP contribution in [0.3, 0.4) is 0 Å². The van der Waals surface area contributed by atoms with E-state index in [2.05, 4.69) is 50.3 Å². The maximum atomic E-state index is 13.0. The van der Waals surface area contributed by atoms with Gasteiger partial charge in [0.25, 0.3) is 0 Å². The molecule has 0 aromatic carbocycles. The van der Waals surface area contributed by atoms with Crippen molar-refractivity contribution >= 4 is 11.9 Å². The van der Waals surface area contributed by atoms with E-state index >= 15 is 0 Å². The fraction of sp³-hybridized carbons (Fsp3) is 0.857. The molecule has 0 radical (unpaired) electrons. The first kappa shape index (κ1) is 64.8. The van der Waals surface area contributed by atoms with Gasteiger partial charge in [-0.2, -0.15) is 0 Å². The van der Waals surface area contributed by atoms with Crippen molar-refractivity contribution in [3.63, 3.8) is 0 Å². The summed E-state index contributed by atoms with van der Waals surface area (Å²) in [6.07, 6.45) is 30.3. The highest BCUT2D eigenvalue weighted by atomic mass is 16.7. The molecule has 414 valence electrons. The van der Waals surface area contributed by atoms with Gasteiger partial charge >= 0.3 is 11.9 Å². The van der Waals surface area contributed by atoms with E-state index in [1.54, 1.807) is 0 Å². The summed E-state index contributed by atoms with van der Waals surface area (Å²) in [5.41, 5.74) is 0. The highest BCUT2D eigenvalue weighted by molar-refractivity contribution is 5.70. The van der Waals surface area contributed by atoms with Gasteiger partial charge in [0.15, 0.2) is 18.7 Å². The molecule has 0 spiro atoms. The normalized spacial score (nSPS) is 25.4. The van der Waals surface area contributed by atoms with E-state index < -0.39 is 99.3 Å². The zero-order valence-electron chi connectivity index (χ0n) is 44.0. The molecule has 15 heteroatoms. The van der Waals surface area contributed by atoms with Crippen LogP contribution < -0.4 is 0 Å². The molecular formula is C56H100O15. The number of unbranched alkanes of at least 4 members (excludes halogenated alkanes) is 24. The van der Waals surface area contributed by atoms with Gasteiger partial charge < -0.3 is 64.2 Å². The van der Waals surface area contributed by atoms with Gasteiger partial charge in [0.1, 0.15) is 55.4 Å². The van der Waals surface area contributed by atoms with Crippen molar-refractivity contribution in [1.82, 2.24) is 0 Å². The van der Waals surface area contributed by atoms with Crippen LogP contribution in [0.25, 0.3) is 0 Å². The third-order valence-corrected chi connectivity index (χ3v) is 13.4. The molecule has 2 saturated heterocycles. The third kappa shape index (κ3) is 30.6. The van der Waals surface area contributed by atoms with Crippen LogP contribution >= 0.6 is 0 Å². The third-order valence-electron chi connectivity index (χ3n) is 13.4. The lowest BCUT2D eigenvalue weighted by atomic mass is 9.98. The first-order chi connectivity index (χ1) is 34.5. The fourth-order valence-corrected chi connectivity index (χ4v) is 8.75. The fourth-order valence-electron chi connectivity index (χ4n) is 8.75. The van der Waals surface area contributed by atoms with Gasteiger partial charge in [-0.3, -0.25) is 9.59 Å². The second kappa shape index (κ2) is 43.0. The van der Waals surface area contributed by atoms with Crippen LogP contribution in [-0.2, 0) is 38.0 Å². The summed E-state index contributed by atoms with van der Waals surface area (Å²) in [6.45, 7) is 2.55. The van der Waals surface area contributed by atoms with Crippen molar-refractivity contribution in [2.75, 3.05) is 26.4 Å². The largest absolute Gasteiger partial charge is 0.462 e. The lowest BCUT2D eigenvalue weighted by Crippen LogP contribution is -2.61. The minimum atomic E-state index is -1.77. The number of ether oxygens (including phenoxy) is 6. The van der Waals surface area contributed by atoms with E-state index in [0.29, 0.717) is 12.8 Å². The molecule has 0 saturated carbocycles. The summed E-state index contributed by atoms with van der Waals surface area (Å²) >= 11 is 0. The van der Waals surface area contributed by atoms with E-state index in [1.807, 2.05) is 0 Å². The number of hydrogen-bond donors (Lipinski definition) is 7. The van der Waals surface area contributed by atoms with Crippen molar-refractivity contribution in [2.24, 2.45) is 0 Å². The smallest absolute Gasteiger partial charge is 0.306 e. The number of aliphatic hydroxyl groups excluding tert-OH is 7. The van der Waals surface area contributed by atoms with Crippen LogP contribution in [0, 0.1) is 0 Å². The quantitative estimate of drug-likeness (QED) is 0.0172. The van der Waals surface area contributed by atoms with Crippen LogP contribution in [0.4, 0.5) is 0 Å². The molecule has 2 heterocycles. The van der Waals surface area contributed by atoms with E-state index in [4.69, 9.17) is 28.4 Å². The van der Waals surface area contributed by atoms with Crippen molar-refractivity contribution < 1.29 is 73.8 Å². The Balaban J connectivity index is 1.78. The van der Waals surface area contributed by atoms with Gasteiger partial charge in [-0.25, -0.2) is 0 Å². The van der Waals surface area contributed by atoms with Crippen molar-refractivity contribution in [3.8, 4) is 0 Å². The van der Waals surface area contributed by atoms with Crippen LogP contribution in [0.5, 0.6) is 0 Å². The zero-order valence-corrected chi connectivity index (χ0v) is 44.0. The summed E-state index contributed by atoms with van der Waals surface area (Å²) in [5, 5.41) is 72.2. The Morgan fingerprint density at radius 1 is 0.451 bits per heavy atom. The summed E-state index contributed by atoms with van der Waals surface area (Å²) in [7, 11) is 0. The van der Waals surface area contributed by atoms with E-state index in [1.165, 1.54) is 122 Å². The molecule has 71 heavy (non-hydrogen) atoms. The molecule has 2 fully saturated rings. The highest BCUT2D eigenvalue weighted by Crippen LogP contribution is 2.27. The van der Waals surface area contributed by atoms with Gasteiger partial charge in [0.05, 0.1) is 19.8 Å². The van der Waals surface area contributed by atoms with Crippen LogP contribution in [-0.4, -0.2) is 142 Å². The minimum absolute atomic E-state index is 0.160. The van der Waals surface area contributed by atoms with Gasteiger partial charge in [-0.05, 0) is 51.4 Å². The van der Waals surface area contributed by atoms with E-state index in [9.17, 15) is 45.3 Å². The van der Waals surface area contributed by atoms with Crippen LogP contribution in [0.2, 0.25) is 0 Å². The Bertz CT molecular complexity index is 1380. The maximum Gasteiger partial charge on any atom is 0.306 e. The average molecular weight is 1010 g/mol. The molecule has 0 aliphatic carbocycles. The predicted octanol–water partition coefficient (Wildman–Crippen LogP) is 8.88. The maximum absolute atomic E-state index is 13.0. The Labute approximate surface area is 427 Å². The van der Waals surface area contributed by atoms with Gasteiger partial charge in [-0.1, -0.05) is 185 Å². The molecule has 2 rings (SSSR count). The Morgan fingerprint density at radius 2 is 0.845 bits per heavy atom. The average Bonchev–Trinajstić information content (AvgIpc) is 3.36. The Kier molecular flexibility index (Phi) is 39.3. The standard InChI is InChI=1S/C56H100O15/c1-3-5-7-9-11-13-15-17-19-20-21-22-23-25-27-29-31-33-35-37-39-48(59)69-44(41-66-47(58)38-36-34-32-30-28-26-24-18-16-14-12-10-8-6-4-2)42-67-55-54(65)52(63)50(61)46(71-55)43-68-56-53(64)51(62)49(60)45(40-57)70-56/h12,14,18,24,28,30,44-46,49-57,60-65H,3-11,13,15-17,19-23,25-27,29,31-43H2,1-2H3/b14-12+,24-18+,30-28+/t44-,45+,46+,49-,50-,51?,52?,53?,54?,55+,56+/m1/s1. The van der Waals surface area contributed by atoms with E-state index in [-0.39, 0.29) is 19.4 Å². The van der Waals surface area contributed by atoms with Crippen molar-refractivity contribution in [2.45, 2.75) is 280 Å². The monoisotopic (exact) mass is 1010 g/mol. The Morgan fingerprint density at radius 3 is 1.35 bits per heavy atom. The second-order valence-electron chi connectivity index (χ2n) is 19.8. The van der Waals surface area contributed by atoms with Gasteiger partial charge in [0.2, 0.25) is 0 Å². The molecule has 2 aliphatic heterocycles. The number of esters is 2. The molecule has 15 nitrogen and oxygen atoms in total. The summed E-state index contributed by atoms with van der Waals surface area (Å²) in [6, 6.07) is 0. The molecule has 0 aromatic heterocycles. The van der Waals surface area contributed by atoms with E-state index in [0.717, 1.165) is 51.4 Å². The number of carbonyl (C=O) groups excluding carboxylic acids is 2. The number of carbonyl (C=O) groups is 2. The first-order valence-electron chi connectivity index (χ1n) is 28.1. The predicted molar refractivity (Wildman–Crippen MR) is 275 cm³/mol. The van der Waals surface area contributed by atoms with Crippen LogP contribution in [0.15, 0.2) is 36.5 Å². The second-order valence-corrected chi connectivity index (χ2v) is 19.8. The first-order valence-corrected chi connectivity index (χ1v) is 28.1. The molecule has 0 bridgehead atoms. The number of hydrogen-bond acceptors (Lipinski definition) is 15.